The summed E-state index contributed by atoms with van der Waals surface area (Å²) in [7, 11) is 0. The van der Waals surface area contributed by atoms with Crippen LogP contribution in [0.4, 0.5) is 57.1 Å². The number of ether oxygens (including phenoxy) is 5. The molecule has 2 aliphatic rings. The summed E-state index contributed by atoms with van der Waals surface area (Å²) in [5.74, 6) is -6.77. The van der Waals surface area contributed by atoms with Crippen molar-refractivity contribution in [3.63, 3.8) is 0 Å². The van der Waals surface area contributed by atoms with Crippen LogP contribution < -0.4 is 18.9 Å². The predicted molar refractivity (Wildman–Crippen MR) is 326 cm³/mol. The number of aryl methyl sites for hydroxylation is 2. The SMILES string of the molecule is C.CC(F)(F)c1nnc2ccc(-c3cnc(OCC(F)(F)F)c(F)c3)cn12.CC(F)c1nnc2ccc(-c3cnc(OCC(F)(F)F)c(F)c3)cn12.Cc1nnc2ccc(-c3cnc(OC4(C)CCC4)c(F)c3)cn12.Cc1nnc2ccc(-c3cnc(OC4(C)COC4)c(F)c3)cn12. The van der Waals surface area contributed by atoms with Gasteiger partial charge in [-0.2, -0.15) is 35.1 Å². The Morgan fingerprint density at radius 1 is 0.469 bits per heavy atom. The van der Waals surface area contributed by atoms with Gasteiger partial charge in [-0.3, -0.25) is 17.6 Å². The molecule has 21 nitrogen and oxygen atoms in total. The lowest BCUT2D eigenvalue weighted by atomic mass is 9.82. The minimum absolute atomic E-state index is 0. The number of aromatic nitrogens is 16. The second-order valence-corrected chi connectivity index (χ2v) is 23.0. The minimum atomic E-state index is -4.63. The number of fused-ring (bicyclic) bond motifs is 4. The summed E-state index contributed by atoms with van der Waals surface area (Å²) in [4.78, 5) is 15.4. The van der Waals surface area contributed by atoms with Crippen molar-refractivity contribution in [2.24, 2.45) is 0 Å². The molecule has 13 heterocycles. The standard InChI is InChI=1S/C17H17FN4O.C16H15FN4O2.C15H10F6N4O.C15H11F5N4O.CH4/c1-11-20-21-15-5-4-12(10-22(11)15)13-8-14(18)16(19-9-13)23-17(2)6-3-7-17;1-10-19-20-14-4-3-11(7-21(10)14)12-5-13(17)15(18-6-12)23-16(2)8-22-9-16;1-14(17,18)13-24-23-11-3-2-8(6-25(11)13)9-4-10(16)12(22-5-9)26-7-15(19,20)21;1-8(16)13-23-22-12-3-2-9(6-24(12)13)10-4-11(17)14(21-5-10)25-7-15(18,19)20;/h4-5,8-10H,3,6-7H2,1-2H3;3-7H,8-9H2,1-2H3;2-6H,7H2,1H3;2-6,8H,7H2,1H3;1H4. The van der Waals surface area contributed by atoms with Crippen LogP contribution in [0.3, 0.4) is 0 Å². The van der Waals surface area contributed by atoms with E-state index in [4.69, 9.17) is 14.2 Å². The Morgan fingerprint density at radius 3 is 1.16 bits per heavy atom. The van der Waals surface area contributed by atoms with Crippen molar-refractivity contribution in [3.05, 3.63) is 169 Å². The van der Waals surface area contributed by atoms with Gasteiger partial charge in [-0.05, 0) is 127 Å². The Balaban J connectivity index is 0.000000141. The molecular weight excluding hydrogens is 1320 g/mol. The maximum atomic E-state index is 14.3. The van der Waals surface area contributed by atoms with Gasteiger partial charge in [0.05, 0.1) is 13.2 Å². The highest BCUT2D eigenvalue weighted by Crippen LogP contribution is 2.38. The fourth-order valence-corrected chi connectivity index (χ4v) is 9.75. The highest BCUT2D eigenvalue weighted by Gasteiger charge is 2.38. The van der Waals surface area contributed by atoms with Crippen molar-refractivity contribution >= 4 is 22.6 Å². The highest BCUT2D eigenvalue weighted by atomic mass is 19.4. The molecule has 0 bridgehead atoms. The molecule has 0 N–H and O–H groups in total. The van der Waals surface area contributed by atoms with Crippen molar-refractivity contribution < 1.29 is 80.8 Å². The quantitative estimate of drug-likeness (QED) is 0.0924. The van der Waals surface area contributed by atoms with E-state index in [0.29, 0.717) is 42.5 Å². The summed E-state index contributed by atoms with van der Waals surface area (Å²) in [6.45, 7) is 7.13. The summed E-state index contributed by atoms with van der Waals surface area (Å²) in [5.41, 5.74) is 5.54. The predicted octanol–water partition coefficient (Wildman–Crippen LogP) is 14.5. The van der Waals surface area contributed by atoms with Gasteiger partial charge < -0.3 is 23.7 Å². The van der Waals surface area contributed by atoms with E-state index < -0.39 is 84.1 Å². The van der Waals surface area contributed by atoms with E-state index in [2.05, 4.69) is 70.2 Å². The molecule has 1 saturated heterocycles. The molecule has 1 aliphatic heterocycles. The maximum absolute atomic E-state index is 14.3. The summed E-state index contributed by atoms with van der Waals surface area (Å²) < 4.78 is 201. The summed E-state index contributed by atoms with van der Waals surface area (Å²) in [5, 5.41) is 30.7. The number of nitrogens with zero attached hydrogens (tertiary/aromatic N) is 16. The average molecular weight is 1380 g/mol. The van der Waals surface area contributed by atoms with Gasteiger partial charge in [-0.15, -0.1) is 40.8 Å². The van der Waals surface area contributed by atoms with Crippen molar-refractivity contribution in [2.45, 2.75) is 104 Å². The molecule has 514 valence electrons. The molecule has 0 radical (unpaired) electrons. The Bertz CT molecular complexity index is 4690. The van der Waals surface area contributed by atoms with Crippen LogP contribution in [0.5, 0.6) is 23.5 Å². The lowest BCUT2D eigenvalue weighted by Gasteiger charge is -2.38. The first-order chi connectivity index (χ1) is 45.9. The lowest BCUT2D eigenvalue weighted by molar-refractivity contribution is -0.155. The van der Waals surface area contributed by atoms with Gasteiger partial charge in [0.1, 0.15) is 17.2 Å². The van der Waals surface area contributed by atoms with Gasteiger partial charge in [0.2, 0.25) is 5.82 Å². The first-order valence-electron chi connectivity index (χ1n) is 29.2. The molecule has 1 saturated carbocycles. The fraction of sp³-hybridized carbons (Fsp3) is 0.312. The molecular formula is C64H57F13N16O5. The Labute approximate surface area is 547 Å². The first-order valence-corrected chi connectivity index (χ1v) is 29.2. The van der Waals surface area contributed by atoms with Crippen LogP contribution in [0.2, 0.25) is 0 Å². The molecule has 34 heteroatoms. The van der Waals surface area contributed by atoms with Gasteiger partial charge in [0, 0.05) is 101 Å². The maximum Gasteiger partial charge on any atom is 0.422 e. The van der Waals surface area contributed by atoms with Crippen LogP contribution in [0.15, 0.2) is 122 Å². The topological polar surface area (TPSA) is 218 Å². The monoisotopic (exact) mass is 1380 g/mol. The number of pyridine rings is 8. The zero-order valence-corrected chi connectivity index (χ0v) is 51.7. The fourth-order valence-electron chi connectivity index (χ4n) is 9.75. The lowest BCUT2D eigenvalue weighted by Crippen LogP contribution is -2.51. The number of rotatable bonds is 14. The largest absolute Gasteiger partial charge is 0.469 e. The second-order valence-electron chi connectivity index (χ2n) is 23.0. The van der Waals surface area contributed by atoms with E-state index in [1.165, 1.54) is 54.2 Å². The Hall–Kier alpha value is -10.7. The van der Waals surface area contributed by atoms with Gasteiger partial charge in [0.15, 0.2) is 76.7 Å². The van der Waals surface area contributed by atoms with Crippen molar-refractivity contribution in [2.75, 3.05) is 26.4 Å². The third kappa shape index (κ3) is 16.2. The number of alkyl halides is 9. The number of hydrogen-bond acceptors (Lipinski definition) is 17. The summed E-state index contributed by atoms with van der Waals surface area (Å²) in [6, 6.07) is 18.2. The molecule has 0 spiro atoms. The van der Waals surface area contributed by atoms with Crippen LogP contribution in [-0.4, -0.2) is 128 Å². The zero-order valence-electron chi connectivity index (χ0n) is 51.7. The normalized spacial score (nSPS) is 14.4. The van der Waals surface area contributed by atoms with Gasteiger partial charge >= 0.3 is 18.3 Å². The molecule has 2 fully saturated rings. The first kappa shape index (κ1) is 70.1. The van der Waals surface area contributed by atoms with Crippen LogP contribution >= 0.6 is 0 Å². The molecule has 14 rings (SSSR count). The van der Waals surface area contributed by atoms with Gasteiger partial charge in [-0.1, -0.05) is 7.43 Å². The highest BCUT2D eigenvalue weighted by molar-refractivity contribution is 5.67. The summed E-state index contributed by atoms with van der Waals surface area (Å²) >= 11 is 0. The van der Waals surface area contributed by atoms with Crippen molar-refractivity contribution in [1.29, 1.82) is 0 Å². The van der Waals surface area contributed by atoms with E-state index in [1.54, 1.807) is 24.5 Å². The van der Waals surface area contributed by atoms with E-state index in [9.17, 15) is 57.1 Å². The molecule has 0 aromatic carbocycles. The molecule has 1 unspecified atom stereocenters. The van der Waals surface area contributed by atoms with Gasteiger partial charge in [0.25, 0.3) is 23.5 Å². The summed E-state index contributed by atoms with van der Waals surface area (Å²) in [6.07, 6.45) is 4.40. The second kappa shape index (κ2) is 27.8. The third-order valence-corrected chi connectivity index (χ3v) is 14.9. The third-order valence-electron chi connectivity index (χ3n) is 14.9. The zero-order chi connectivity index (χ0) is 69.4. The van der Waals surface area contributed by atoms with E-state index in [1.807, 2.05) is 73.2 Å². The number of hydrogen-bond donors (Lipinski definition) is 0. The van der Waals surface area contributed by atoms with Crippen LogP contribution in [-0.2, 0) is 10.7 Å². The van der Waals surface area contributed by atoms with Crippen LogP contribution in [0.1, 0.15) is 83.9 Å². The average Bonchev–Trinajstić information content (AvgIpc) is 1.53. The van der Waals surface area contributed by atoms with E-state index in [0.717, 1.165) is 76.1 Å². The van der Waals surface area contributed by atoms with Crippen molar-refractivity contribution in [1.82, 2.24) is 78.3 Å². The van der Waals surface area contributed by atoms with Crippen LogP contribution in [0.25, 0.3) is 67.1 Å². The molecule has 12 aromatic rings. The molecule has 1 atom stereocenters. The van der Waals surface area contributed by atoms with Crippen LogP contribution in [0, 0.1) is 37.1 Å². The minimum Gasteiger partial charge on any atom is -0.469 e. The Morgan fingerprint density at radius 2 is 0.816 bits per heavy atom. The van der Waals surface area contributed by atoms with E-state index >= 15 is 0 Å². The molecule has 1 aliphatic carbocycles. The van der Waals surface area contributed by atoms with E-state index in [-0.39, 0.29) is 52.9 Å². The molecule has 0 amide bonds. The smallest absolute Gasteiger partial charge is 0.422 e. The molecule has 12 aromatic heterocycles. The van der Waals surface area contributed by atoms with Crippen molar-refractivity contribution in [3.8, 4) is 68.0 Å². The molecule has 98 heavy (non-hydrogen) atoms. The number of halogens is 13. The van der Waals surface area contributed by atoms with Gasteiger partial charge in [-0.25, -0.2) is 41.9 Å². The Kier molecular flexibility index (Phi) is 19.9.